The molecule has 0 aromatic heterocycles. The van der Waals surface area contributed by atoms with Crippen LogP contribution in [-0.2, 0) is 16.2 Å². The number of para-hydroxylation sites is 1. The predicted molar refractivity (Wildman–Crippen MR) is 149 cm³/mol. The first-order valence-electron chi connectivity index (χ1n) is 11.4. The third kappa shape index (κ3) is 6.75. The monoisotopic (exact) mass is 618 g/mol. The van der Waals surface area contributed by atoms with Crippen molar-refractivity contribution in [2.45, 2.75) is 13.5 Å². The number of rotatable bonds is 9. The van der Waals surface area contributed by atoms with Crippen LogP contribution in [-0.4, -0.2) is 35.1 Å². The van der Waals surface area contributed by atoms with Gasteiger partial charge in [0.25, 0.3) is 11.1 Å². The van der Waals surface area contributed by atoms with E-state index in [9.17, 15) is 18.8 Å². The topological polar surface area (TPSA) is 84.9 Å². The molecule has 0 atom stereocenters. The lowest BCUT2D eigenvalue weighted by molar-refractivity contribution is -0.127. The second-order valence-corrected chi connectivity index (χ2v) is 10.2. The van der Waals surface area contributed by atoms with Crippen LogP contribution in [0, 0.1) is 5.82 Å². The molecule has 1 aliphatic heterocycles. The third-order valence-electron chi connectivity index (χ3n) is 5.26. The second-order valence-electron chi connectivity index (χ2n) is 7.97. The van der Waals surface area contributed by atoms with Crippen molar-refractivity contribution in [3.63, 3.8) is 0 Å². The zero-order valence-corrected chi connectivity index (χ0v) is 23.2. The lowest BCUT2D eigenvalue weighted by atomic mass is 10.1. The zero-order valence-electron chi connectivity index (χ0n) is 20.0. The van der Waals surface area contributed by atoms with E-state index in [1.54, 1.807) is 54.6 Å². The number of benzene rings is 3. The van der Waals surface area contributed by atoms with Gasteiger partial charge in [0.2, 0.25) is 5.91 Å². The molecule has 11 heteroatoms. The number of hydrogen-bond donors (Lipinski definition) is 1. The van der Waals surface area contributed by atoms with Crippen molar-refractivity contribution in [3.05, 3.63) is 92.0 Å². The quantitative estimate of drug-likeness (QED) is 0.263. The molecular formula is C27H21BrClFN2O5S. The summed E-state index contributed by atoms with van der Waals surface area (Å²) in [6.07, 6.45) is 1.54. The second kappa shape index (κ2) is 12.5. The molecule has 196 valence electrons. The number of hydrogen-bond acceptors (Lipinski definition) is 6. The van der Waals surface area contributed by atoms with Gasteiger partial charge in [-0.3, -0.25) is 19.3 Å². The van der Waals surface area contributed by atoms with Gasteiger partial charge in [-0.05, 0) is 72.3 Å². The summed E-state index contributed by atoms with van der Waals surface area (Å²) in [7, 11) is 0. The molecule has 0 unspecified atom stereocenters. The maximum atomic E-state index is 13.5. The molecule has 3 amide bonds. The molecule has 3 aromatic carbocycles. The number of amides is 3. The van der Waals surface area contributed by atoms with Gasteiger partial charge in [0.05, 0.1) is 22.2 Å². The van der Waals surface area contributed by atoms with Crippen LogP contribution in [0.5, 0.6) is 11.5 Å². The third-order valence-corrected chi connectivity index (χ3v) is 7.18. The molecule has 1 heterocycles. The fraction of sp³-hybridized carbons (Fsp3) is 0.148. The Hall–Kier alpha value is -3.34. The van der Waals surface area contributed by atoms with Crippen LogP contribution in [0.2, 0.25) is 5.02 Å². The standard InChI is InChI=1S/C27H21BrClFN2O5S/c1-2-36-22-11-17(19(28)13-23(22)37-15-16-6-5-7-18(30)10-16)12-24-26(34)32(27(35)38-24)14-25(33)31-21-9-4-3-8-20(21)29/h3-13H,2,14-15H2,1H3,(H,31,33)/b24-12+. The van der Waals surface area contributed by atoms with Crippen molar-refractivity contribution < 1.29 is 28.2 Å². The van der Waals surface area contributed by atoms with Gasteiger partial charge in [0.15, 0.2) is 11.5 Å². The normalized spacial score (nSPS) is 14.2. The summed E-state index contributed by atoms with van der Waals surface area (Å²) < 4.78 is 25.7. The van der Waals surface area contributed by atoms with E-state index in [2.05, 4.69) is 21.2 Å². The smallest absolute Gasteiger partial charge is 0.294 e. The minimum absolute atomic E-state index is 0.124. The van der Waals surface area contributed by atoms with Gasteiger partial charge < -0.3 is 14.8 Å². The first-order valence-corrected chi connectivity index (χ1v) is 13.4. The van der Waals surface area contributed by atoms with Crippen LogP contribution in [0.3, 0.4) is 0 Å². The van der Waals surface area contributed by atoms with E-state index < -0.39 is 23.6 Å². The van der Waals surface area contributed by atoms with E-state index >= 15 is 0 Å². The highest BCUT2D eigenvalue weighted by Gasteiger charge is 2.36. The number of imide groups is 1. The maximum absolute atomic E-state index is 13.5. The number of carbonyl (C=O) groups excluding carboxylic acids is 3. The van der Waals surface area contributed by atoms with Crippen LogP contribution in [0.25, 0.3) is 6.08 Å². The molecule has 38 heavy (non-hydrogen) atoms. The highest BCUT2D eigenvalue weighted by molar-refractivity contribution is 9.10. The molecule has 0 spiro atoms. The molecular weight excluding hydrogens is 599 g/mol. The Bertz CT molecular complexity index is 1430. The Morgan fingerprint density at radius 1 is 1.11 bits per heavy atom. The average molecular weight is 620 g/mol. The molecule has 1 N–H and O–H groups in total. The van der Waals surface area contributed by atoms with E-state index in [1.807, 2.05) is 6.92 Å². The zero-order chi connectivity index (χ0) is 27.2. The highest BCUT2D eigenvalue weighted by atomic mass is 79.9. The number of thioether (sulfide) groups is 1. The van der Waals surface area contributed by atoms with E-state index in [4.69, 9.17) is 21.1 Å². The summed E-state index contributed by atoms with van der Waals surface area (Å²) in [5.74, 6) is -0.670. The van der Waals surface area contributed by atoms with Gasteiger partial charge in [-0.15, -0.1) is 0 Å². The van der Waals surface area contributed by atoms with Crippen LogP contribution in [0.4, 0.5) is 14.9 Å². The van der Waals surface area contributed by atoms with Gasteiger partial charge >= 0.3 is 0 Å². The minimum atomic E-state index is -0.592. The summed E-state index contributed by atoms with van der Waals surface area (Å²) in [6, 6.07) is 16.1. The number of nitrogens with one attached hydrogen (secondary N) is 1. The Morgan fingerprint density at radius 2 is 1.87 bits per heavy atom. The van der Waals surface area contributed by atoms with E-state index in [0.717, 1.165) is 16.7 Å². The Morgan fingerprint density at radius 3 is 2.61 bits per heavy atom. The van der Waals surface area contributed by atoms with Gasteiger partial charge in [-0.1, -0.05) is 51.8 Å². The van der Waals surface area contributed by atoms with E-state index in [1.165, 1.54) is 12.1 Å². The van der Waals surface area contributed by atoms with Crippen LogP contribution in [0.1, 0.15) is 18.1 Å². The molecule has 0 saturated carbocycles. The summed E-state index contributed by atoms with van der Waals surface area (Å²) in [5, 5.41) is 2.38. The number of nitrogens with zero attached hydrogens (tertiary/aromatic N) is 1. The van der Waals surface area contributed by atoms with Crippen LogP contribution >= 0.6 is 39.3 Å². The van der Waals surface area contributed by atoms with E-state index in [-0.39, 0.29) is 17.3 Å². The average Bonchev–Trinajstić information content (AvgIpc) is 3.13. The fourth-order valence-corrected chi connectivity index (χ4v) is 4.95. The molecule has 0 aliphatic carbocycles. The summed E-state index contributed by atoms with van der Waals surface area (Å²) in [5.41, 5.74) is 1.60. The molecule has 7 nitrogen and oxygen atoms in total. The lowest BCUT2D eigenvalue weighted by Gasteiger charge is -2.14. The van der Waals surface area contributed by atoms with E-state index in [0.29, 0.717) is 44.4 Å². The molecule has 3 aromatic rings. The first kappa shape index (κ1) is 27.7. The molecule has 4 rings (SSSR count). The number of carbonyl (C=O) groups is 3. The van der Waals surface area contributed by atoms with Gasteiger partial charge in [-0.2, -0.15) is 0 Å². The largest absolute Gasteiger partial charge is 0.490 e. The lowest BCUT2D eigenvalue weighted by Crippen LogP contribution is -2.36. The van der Waals surface area contributed by atoms with Crippen molar-refractivity contribution in [3.8, 4) is 11.5 Å². The molecule has 1 fully saturated rings. The Kier molecular flexibility index (Phi) is 9.09. The maximum Gasteiger partial charge on any atom is 0.294 e. The van der Waals surface area contributed by atoms with Crippen molar-refractivity contribution in [2.24, 2.45) is 0 Å². The van der Waals surface area contributed by atoms with Gasteiger partial charge in [0.1, 0.15) is 19.0 Å². The van der Waals surface area contributed by atoms with Gasteiger partial charge in [-0.25, -0.2) is 4.39 Å². The molecule has 1 aliphatic rings. The highest BCUT2D eigenvalue weighted by Crippen LogP contribution is 2.38. The van der Waals surface area contributed by atoms with Crippen molar-refractivity contribution in [2.75, 3.05) is 18.5 Å². The number of ether oxygens (including phenoxy) is 2. The fourth-order valence-electron chi connectivity index (χ4n) is 3.50. The van der Waals surface area contributed by atoms with Crippen molar-refractivity contribution in [1.29, 1.82) is 0 Å². The first-order chi connectivity index (χ1) is 18.2. The Labute approximate surface area is 236 Å². The van der Waals surface area contributed by atoms with Crippen molar-refractivity contribution in [1.82, 2.24) is 4.90 Å². The predicted octanol–water partition coefficient (Wildman–Crippen LogP) is 6.89. The summed E-state index contributed by atoms with van der Waals surface area (Å²) in [4.78, 5) is 39.0. The van der Waals surface area contributed by atoms with Crippen LogP contribution < -0.4 is 14.8 Å². The molecule has 1 saturated heterocycles. The van der Waals surface area contributed by atoms with Crippen molar-refractivity contribution >= 4 is 68.1 Å². The van der Waals surface area contributed by atoms with Crippen LogP contribution in [0.15, 0.2) is 70.0 Å². The number of halogens is 3. The summed E-state index contributed by atoms with van der Waals surface area (Å²) >= 11 is 10.3. The molecule has 0 radical (unpaired) electrons. The SMILES string of the molecule is CCOc1cc(/C=C2/SC(=O)N(CC(=O)Nc3ccccc3Cl)C2=O)c(Br)cc1OCc1cccc(F)c1. The number of anilines is 1. The van der Waals surface area contributed by atoms with Gasteiger partial charge in [0, 0.05) is 4.47 Å². The summed E-state index contributed by atoms with van der Waals surface area (Å²) in [6.45, 7) is 1.84. The Balaban J connectivity index is 1.50. The molecule has 0 bridgehead atoms. The minimum Gasteiger partial charge on any atom is -0.490 e.